The Kier molecular flexibility index (Phi) is 6.00. The summed E-state index contributed by atoms with van der Waals surface area (Å²) in [7, 11) is 3.90. The molecule has 3 aromatic rings. The fourth-order valence-corrected chi connectivity index (χ4v) is 8.14. The van der Waals surface area contributed by atoms with Crippen molar-refractivity contribution in [3.05, 3.63) is 72.8 Å². The van der Waals surface area contributed by atoms with Crippen LogP contribution in [0.2, 0.25) is 0 Å². The third-order valence-corrected chi connectivity index (χ3v) is 9.88. The highest BCUT2D eigenvalue weighted by atomic mass is 28.4. The van der Waals surface area contributed by atoms with Crippen molar-refractivity contribution in [2.45, 2.75) is 0 Å². The van der Waals surface area contributed by atoms with E-state index in [1.165, 1.54) is 0 Å². The number of hydrogen-bond donors (Lipinski definition) is 0. The molecule has 0 atom stereocenters. The van der Waals surface area contributed by atoms with E-state index in [-0.39, 0.29) is 0 Å². The molecule has 0 heterocycles. The molecule has 0 aliphatic carbocycles. The second-order valence-corrected chi connectivity index (χ2v) is 10.3. The first-order chi connectivity index (χ1) is 13.2. The van der Waals surface area contributed by atoms with Gasteiger partial charge in [-0.05, 0) is 52.0 Å². The van der Waals surface area contributed by atoms with Crippen molar-refractivity contribution in [1.29, 1.82) is 0 Å². The summed E-state index contributed by atoms with van der Waals surface area (Å²) < 4.78 is 22.4. The molecule has 27 heavy (non-hydrogen) atoms. The molecule has 0 bridgehead atoms. The third kappa shape index (κ3) is 3.64. The van der Waals surface area contributed by atoms with E-state index in [1.54, 1.807) is 31.8 Å². The molecular weight excluding hydrogens is 372 g/mol. The minimum Gasteiger partial charge on any atom is -0.497 e. The molecule has 1 radical (unpaired) electrons. The first kappa shape index (κ1) is 19.2. The first-order valence-electron chi connectivity index (χ1n) is 8.54. The first-order valence-corrected chi connectivity index (χ1v) is 11.0. The van der Waals surface area contributed by atoms with Gasteiger partial charge in [0.05, 0.1) is 21.3 Å². The minimum absolute atomic E-state index is 0.824. The van der Waals surface area contributed by atoms with Crippen LogP contribution in [0, 0.1) is 0 Å². The van der Waals surface area contributed by atoms with E-state index in [0.29, 0.717) is 0 Å². The summed E-state index contributed by atoms with van der Waals surface area (Å²) in [6.45, 7) is 0. The quantitative estimate of drug-likeness (QED) is 0.446. The van der Waals surface area contributed by atoms with Crippen LogP contribution >= 0.6 is 0 Å². The molecule has 0 saturated carbocycles. The van der Waals surface area contributed by atoms with Crippen molar-refractivity contribution < 1.29 is 18.3 Å². The van der Waals surface area contributed by atoms with E-state index in [0.717, 1.165) is 32.8 Å². The Balaban J connectivity index is 2.20. The van der Waals surface area contributed by atoms with Gasteiger partial charge in [0.1, 0.15) is 17.2 Å². The molecule has 0 unspecified atom stereocenters. The predicted octanol–water partition coefficient (Wildman–Crippen LogP) is 1.24. The standard InChI is InChI=1S/C21H23O4Si2/c1-22-16-4-10-19(11-5-16)27(25-26,20-12-6-17(23-2)7-13-20)21-14-8-18(24-3)9-15-21/h4-15H,26H2,1-3H3. The van der Waals surface area contributed by atoms with Crippen LogP contribution in [0.4, 0.5) is 0 Å². The molecule has 0 aliphatic heterocycles. The largest absolute Gasteiger partial charge is 0.497 e. The summed E-state index contributed by atoms with van der Waals surface area (Å²) in [5, 5.41) is 3.44. The molecule has 0 amide bonds. The monoisotopic (exact) mass is 395 g/mol. The van der Waals surface area contributed by atoms with Gasteiger partial charge >= 0.3 is 0 Å². The molecular formula is C21H23O4Si2. The highest BCUT2D eigenvalue weighted by Gasteiger charge is 2.40. The zero-order valence-corrected chi connectivity index (χ0v) is 18.2. The molecule has 3 aromatic carbocycles. The van der Waals surface area contributed by atoms with Gasteiger partial charge in [-0.2, -0.15) is 0 Å². The minimum atomic E-state index is -2.66. The molecule has 0 saturated heterocycles. The summed E-state index contributed by atoms with van der Waals surface area (Å²) in [6.07, 6.45) is 0. The SMILES string of the molecule is COc1ccc([Si](O[SiH2])(c2ccc(OC)cc2)c2ccc(OC)cc2)cc1. The number of ether oxygens (including phenoxy) is 3. The average molecular weight is 396 g/mol. The van der Waals surface area contributed by atoms with E-state index in [2.05, 4.69) is 36.4 Å². The zero-order chi connectivity index (χ0) is 19.3. The van der Waals surface area contributed by atoms with Crippen LogP contribution in [0.15, 0.2) is 72.8 Å². The van der Waals surface area contributed by atoms with Crippen molar-refractivity contribution in [2.75, 3.05) is 21.3 Å². The normalized spacial score (nSPS) is 11.1. The Hall–Kier alpha value is -2.55. The highest BCUT2D eigenvalue weighted by molar-refractivity contribution is 7.08. The van der Waals surface area contributed by atoms with Gasteiger partial charge < -0.3 is 18.3 Å². The third-order valence-electron chi connectivity index (χ3n) is 4.71. The molecule has 0 aliphatic rings. The van der Waals surface area contributed by atoms with Gasteiger partial charge in [-0.1, -0.05) is 36.4 Å². The molecule has 0 spiro atoms. The lowest BCUT2D eigenvalue weighted by Gasteiger charge is -2.32. The van der Waals surface area contributed by atoms with Crippen molar-refractivity contribution in [3.63, 3.8) is 0 Å². The van der Waals surface area contributed by atoms with Gasteiger partial charge in [-0.15, -0.1) is 0 Å². The fourth-order valence-electron chi connectivity index (χ4n) is 3.23. The van der Waals surface area contributed by atoms with Crippen LogP contribution in [-0.4, -0.2) is 40.1 Å². The maximum Gasteiger partial charge on any atom is 0.277 e. The van der Waals surface area contributed by atoms with Crippen molar-refractivity contribution >= 4 is 34.4 Å². The maximum atomic E-state index is 6.36. The van der Waals surface area contributed by atoms with E-state index in [9.17, 15) is 0 Å². The van der Waals surface area contributed by atoms with Gasteiger partial charge in [-0.25, -0.2) is 0 Å². The Morgan fingerprint density at radius 1 is 0.519 bits per heavy atom. The van der Waals surface area contributed by atoms with E-state index < -0.39 is 8.32 Å². The fraction of sp³-hybridized carbons (Fsp3) is 0.143. The number of rotatable bonds is 7. The van der Waals surface area contributed by atoms with E-state index in [1.807, 2.05) is 36.4 Å². The Morgan fingerprint density at radius 2 is 0.778 bits per heavy atom. The van der Waals surface area contributed by atoms with Crippen LogP contribution in [0.25, 0.3) is 0 Å². The summed E-state index contributed by atoms with van der Waals surface area (Å²) >= 11 is 0. The van der Waals surface area contributed by atoms with Crippen molar-refractivity contribution in [3.8, 4) is 17.2 Å². The Labute approximate surface area is 164 Å². The second-order valence-electron chi connectivity index (χ2n) is 6.01. The van der Waals surface area contributed by atoms with Gasteiger partial charge in [0.25, 0.3) is 8.32 Å². The van der Waals surface area contributed by atoms with Gasteiger partial charge in [0.2, 0.25) is 0 Å². The molecule has 0 aromatic heterocycles. The van der Waals surface area contributed by atoms with Crippen LogP contribution in [0.1, 0.15) is 0 Å². The Bertz CT molecular complexity index is 747. The number of benzene rings is 3. The van der Waals surface area contributed by atoms with Gasteiger partial charge in [-0.3, -0.25) is 0 Å². The molecule has 0 fully saturated rings. The summed E-state index contributed by atoms with van der Waals surface area (Å²) in [5.41, 5.74) is 0. The maximum absolute atomic E-state index is 6.36. The number of hydrogen-bond acceptors (Lipinski definition) is 4. The van der Waals surface area contributed by atoms with Crippen molar-refractivity contribution in [1.82, 2.24) is 0 Å². The van der Waals surface area contributed by atoms with Gasteiger partial charge in [0.15, 0.2) is 10.5 Å². The summed E-state index contributed by atoms with van der Waals surface area (Å²) in [5.74, 6) is 2.47. The summed E-state index contributed by atoms with van der Waals surface area (Å²) in [6, 6.07) is 24.4. The highest BCUT2D eigenvalue weighted by Crippen LogP contribution is 2.16. The average Bonchev–Trinajstić information content (AvgIpc) is 2.76. The molecule has 139 valence electrons. The predicted molar refractivity (Wildman–Crippen MR) is 113 cm³/mol. The lowest BCUT2D eigenvalue weighted by atomic mass is 10.3. The van der Waals surface area contributed by atoms with Gasteiger partial charge in [0, 0.05) is 0 Å². The lowest BCUT2D eigenvalue weighted by molar-refractivity contribution is 0.415. The van der Waals surface area contributed by atoms with Crippen LogP contribution in [0.3, 0.4) is 0 Å². The lowest BCUT2D eigenvalue weighted by Crippen LogP contribution is -2.69. The van der Waals surface area contributed by atoms with Crippen LogP contribution in [0.5, 0.6) is 17.2 Å². The topological polar surface area (TPSA) is 36.9 Å². The van der Waals surface area contributed by atoms with E-state index in [4.69, 9.17) is 18.3 Å². The number of methoxy groups -OCH3 is 3. The summed E-state index contributed by atoms with van der Waals surface area (Å²) in [4.78, 5) is 0. The van der Waals surface area contributed by atoms with E-state index >= 15 is 0 Å². The van der Waals surface area contributed by atoms with Crippen molar-refractivity contribution in [2.24, 2.45) is 0 Å². The molecule has 4 nitrogen and oxygen atoms in total. The smallest absolute Gasteiger partial charge is 0.277 e. The molecule has 0 N–H and O–H groups in total. The second kappa shape index (κ2) is 8.43. The molecule has 6 heteroatoms. The van der Waals surface area contributed by atoms with Crippen LogP contribution < -0.4 is 29.8 Å². The van der Waals surface area contributed by atoms with Crippen LogP contribution in [-0.2, 0) is 4.12 Å². The molecule has 3 rings (SSSR count). The zero-order valence-electron chi connectivity index (χ0n) is 15.8. The Morgan fingerprint density at radius 3 is 0.963 bits per heavy atom.